The summed E-state index contributed by atoms with van der Waals surface area (Å²) in [6, 6.07) is 33.6. The molecule has 1 heterocycles. The van der Waals surface area contributed by atoms with Crippen molar-refractivity contribution in [1.29, 1.82) is 0 Å². The summed E-state index contributed by atoms with van der Waals surface area (Å²) in [5.41, 5.74) is 4.77. The molecular weight excluding hydrogens is 517 g/mol. The number of anilines is 3. The van der Waals surface area contributed by atoms with E-state index in [1.807, 2.05) is 104 Å². The van der Waals surface area contributed by atoms with Crippen LogP contribution in [0.25, 0.3) is 10.2 Å². The van der Waals surface area contributed by atoms with Crippen LogP contribution in [-0.2, 0) is 4.79 Å². The van der Waals surface area contributed by atoms with Gasteiger partial charge in [0.15, 0.2) is 10.2 Å². The molecule has 0 radical (unpaired) electrons. The Hall–Kier alpha value is -3.72. The zero-order valence-corrected chi connectivity index (χ0v) is 22.4. The summed E-state index contributed by atoms with van der Waals surface area (Å²) in [5, 5.41) is 10.1. The predicted molar refractivity (Wildman–Crippen MR) is 161 cm³/mol. The molecule has 1 unspecified atom stereocenters. The molecule has 0 spiro atoms. The molecule has 0 saturated carbocycles. The maximum Gasteiger partial charge on any atom is 0.244 e. The van der Waals surface area contributed by atoms with Crippen LogP contribution in [-0.4, -0.2) is 16.0 Å². The number of amides is 1. The lowest BCUT2D eigenvalue weighted by atomic mass is 10.1. The third-order valence-electron chi connectivity index (χ3n) is 5.51. The summed E-state index contributed by atoms with van der Waals surface area (Å²) in [4.78, 5) is 19.0. The van der Waals surface area contributed by atoms with Crippen molar-refractivity contribution in [3.05, 3.63) is 114 Å². The minimum absolute atomic E-state index is 0.109. The molecule has 0 bridgehead atoms. The number of nitrogens with one attached hydrogen (secondary N) is 3. The standard InChI is InChI=1S/C29H24N4OS3/c1-19-12-17-24-25(18-19)37-29(32-24)33-27(34)26(20-8-4-2-5-9-20)36-23-15-13-22(14-16-23)31-28(35)30-21-10-6-3-7-11-21/h2-18,26H,1H3,(H2,30,31,35)(H,32,33,34). The van der Waals surface area contributed by atoms with E-state index in [1.165, 1.54) is 28.7 Å². The Morgan fingerprint density at radius 2 is 1.49 bits per heavy atom. The van der Waals surface area contributed by atoms with Gasteiger partial charge in [0, 0.05) is 16.3 Å². The number of hydrogen-bond acceptors (Lipinski definition) is 5. The number of aromatic nitrogens is 1. The van der Waals surface area contributed by atoms with E-state index in [9.17, 15) is 4.79 Å². The number of rotatable bonds is 7. The number of hydrogen-bond donors (Lipinski definition) is 3. The number of fused-ring (bicyclic) bond motifs is 1. The Morgan fingerprint density at radius 3 is 2.19 bits per heavy atom. The second kappa shape index (κ2) is 11.6. The first-order valence-corrected chi connectivity index (χ1v) is 13.8. The second-order valence-corrected chi connectivity index (χ2v) is 11.0. The van der Waals surface area contributed by atoms with Gasteiger partial charge in [0.25, 0.3) is 0 Å². The van der Waals surface area contributed by atoms with Crippen LogP contribution >= 0.6 is 35.3 Å². The number of carbonyl (C=O) groups is 1. The quantitative estimate of drug-likeness (QED) is 0.144. The Kier molecular flexibility index (Phi) is 7.79. The van der Waals surface area contributed by atoms with E-state index in [-0.39, 0.29) is 5.91 Å². The van der Waals surface area contributed by atoms with Crippen molar-refractivity contribution in [2.45, 2.75) is 17.1 Å². The molecule has 184 valence electrons. The molecule has 0 aliphatic rings. The number of aryl methyl sites for hydroxylation is 1. The Bertz CT molecular complexity index is 1520. The number of thiocarbonyl (C=S) groups is 1. The fourth-order valence-corrected chi connectivity index (χ4v) is 5.95. The van der Waals surface area contributed by atoms with Gasteiger partial charge in [-0.25, -0.2) is 4.98 Å². The van der Waals surface area contributed by atoms with Crippen molar-refractivity contribution >= 4 is 73.1 Å². The van der Waals surface area contributed by atoms with Gasteiger partial charge in [0.05, 0.1) is 10.2 Å². The van der Waals surface area contributed by atoms with Gasteiger partial charge in [0.1, 0.15) is 5.25 Å². The number of thioether (sulfide) groups is 1. The Balaban J connectivity index is 1.29. The molecule has 8 heteroatoms. The number of benzene rings is 4. The average molecular weight is 541 g/mol. The molecule has 0 saturated heterocycles. The smallest absolute Gasteiger partial charge is 0.244 e. The van der Waals surface area contributed by atoms with E-state index in [2.05, 4.69) is 27.0 Å². The highest BCUT2D eigenvalue weighted by Crippen LogP contribution is 2.37. The topological polar surface area (TPSA) is 66.0 Å². The first kappa shape index (κ1) is 25.0. The van der Waals surface area contributed by atoms with Crippen molar-refractivity contribution in [1.82, 2.24) is 4.98 Å². The molecule has 3 N–H and O–H groups in total. The summed E-state index contributed by atoms with van der Waals surface area (Å²) in [7, 11) is 0. The van der Waals surface area contributed by atoms with Crippen LogP contribution in [0.3, 0.4) is 0 Å². The summed E-state index contributed by atoms with van der Waals surface area (Å²) >= 11 is 8.41. The fourth-order valence-electron chi connectivity index (χ4n) is 3.72. The molecule has 4 aromatic carbocycles. The van der Waals surface area contributed by atoms with Crippen molar-refractivity contribution < 1.29 is 4.79 Å². The van der Waals surface area contributed by atoms with E-state index >= 15 is 0 Å². The lowest BCUT2D eigenvalue weighted by Crippen LogP contribution is -2.19. The van der Waals surface area contributed by atoms with Gasteiger partial charge in [-0.1, -0.05) is 65.9 Å². The van der Waals surface area contributed by atoms with Crippen LogP contribution in [0.15, 0.2) is 108 Å². The van der Waals surface area contributed by atoms with Gasteiger partial charge in [-0.2, -0.15) is 0 Å². The molecule has 0 aliphatic carbocycles. The van der Waals surface area contributed by atoms with Crippen molar-refractivity contribution in [2.75, 3.05) is 16.0 Å². The molecule has 5 rings (SSSR count). The first-order valence-electron chi connectivity index (χ1n) is 11.7. The molecule has 5 nitrogen and oxygen atoms in total. The third kappa shape index (κ3) is 6.54. The molecule has 1 amide bonds. The Morgan fingerprint density at radius 1 is 0.838 bits per heavy atom. The zero-order chi connectivity index (χ0) is 25.6. The zero-order valence-electron chi connectivity index (χ0n) is 20.0. The van der Waals surface area contributed by atoms with Gasteiger partial charge in [-0.3, -0.25) is 4.79 Å². The summed E-state index contributed by atoms with van der Waals surface area (Å²) in [5.74, 6) is -0.109. The number of para-hydroxylation sites is 1. The first-order chi connectivity index (χ1) is 18.0. The van der Waals surface area contributed by atoms with Crippen LogP contribution in [0, 0.1) is 6.92 Å². The molecule has 1 atom stereocenters. The van der Waals surface area contributed by atoms with E-state index in [0.717, 1.165) is 32.1 Å². The fraction of sp³-hybridized carbons (Fsp3) is 0.0690. The van der Waals surface area contributed by atoms with Crippen LogP contribution in [0.5, 0.6) is 0 Å². The minimum Gasteiger partial charge on any atom is -0.332 e. The second-order valence-electron chi connectivity index (χ2n) is 8.36. The van der Waals surface area contributed by atoms with Gasteiger partial charge in [-0.15, -0.1) is 11.8 Å². The molecular formula is C29H24N4OS3. The molecule has 0 aliphatic heterocycles. The highest BCUT2D eigenvalue weighted by molar-refractivity contribution is 8.00. The van der Waals surface area contributed by atoms with Gasteiger partial charge in [-0.05, 0) is 78.8 Å². The number of carbonyl (C=O) groups excluding carboxylic acids is 1. The van der Waals surface area contributed by atoms with E-state index in [1.54, 1.807) is 0 Å². The van der Waals surface area contributed by atoms with Gasteiger partial charge in [0.2, 0.25) is 5.91 Å². The SMILES string of the molecule is Cc1ccc2nc(NC(=O)C(Sc3ccc(NC(=S)Nc4ccccc4)cc3)c3ccccc3)sc2c1. The lowest BCUT2D eigenvalue weighted by Gasteiger charge is -2.17. The van der Waals surface area contributed by atoms with E-state index < -0.39 is 5.25 Å². The lowest BCUT2D eigenvalue weighted by molar-refractivity contribution is -0.115. The van der Waals surface area contributed by atoms with Gasteiger partial charge >= 0.3 is 0 Å². The summed E-state index contributed by atoms with van der Waals surface area (Å²) in [6.07, 6.45) is 0. The average Bonchev–Trinajstić information content (AvgIpc) is 3.30. The number of nitrogens with zero attached hydrogens (tertiary/aromatic N) is 1. The van der Waals surface area contributed by atoms with Crippen molar-refractivity contribution in [2.24, 2.45) is 0 Å². The largest absolute Gasteiger partial charge is 0.332 e. The minimum atomic E-state index is -0.436. The normalized spacial score (nSPS) is 11.6. The third-order valence-corrected chi connectivity index (χ3v) is 7.92. The monoisotopic (exact) mass is 540 g/mol. The summed E-state index contributed by atoms with van der Waals surface area (Å²) in [6.45, 7) is 2.05. The van der Waals surface area contributed by atoms with Crippen LogP contribution < -0.4 is 16.0 Å². The molecule has 5 aromatic rings. The predicted octanol–water partition coefficient (Wildman–Crippen LogP) is 7.89. The van der Waals surface area contributed by atoms with Crippen LogP contribution in [0.1, 0.15) is 16.4 Å². The van der Waals surface area contributed by atoms with Crippen LogP contribution in [0.4, 0.5) is 16.5 Å². The van der Waals surface area contributed by atoms with Crippen LogP contribution in [0.2, 0.25) is 0 Å². The number of thiazole rings is 1. The maximum atomic E-state index is 13.4. The van der Waals surface area contributed by atoms with Gasteiger partial charge < -0.3 is 16.0 Å². The molecule has 0 fully saturated rings. The summed E-state index contributed by atoms with van der Waals surface area (Å²) < 4.78 is 1.06. The maximum absolute atomic E-state index is 13.4. The molecule has 1 aromatic heterocycles. The molecule has 37 heavy (non-hydrogen) atoms. The van der Waals surface area contributed by atoms with Crippen molar-refractivity contribution in [3.63, 3.8) is 0 Å². The highest BCUT2D eigenvalue weighted by atomic mass is 32.2. The van der Waals surface area contributed by atoms with E-state index in [0.29, 0.717) is 10.2 Å². The van der Waals surface area contributed by atoms with E-state index in [4.69, 9.17) is 12.2 Å². The Labute approximate surface area is 229 Å². The highest BCUT2D eigenvalue weighted by Gasteiger charge is 2.23. The van der Waals surface area contributed by atoms with Crippen molar-refractivity contribution in [3.8, 4) is 0 Å².